The van der Waals surface area contributed by atoms with E-state index in [1.807, 2.05) is 32.5 Å². The second-order valence-corrected chi connectivity index (χ2v) is 4.78. The number of rotatable bonds is 5. The molecule has 0 aliphatic rings. The highest BCUT2D eigenvalue weighted by Crippen LogP contribution is 2.23. The SMILES string of the molecule is CCc1nc(CC)n(-c2ccc(F)cc2C(C)NC)n1. The molecule has 0 amide bonds. The van der Waals surface area contributed by atoms with E-state index in [0.717, 1.165) is 35.7 Å². The normalized spacial score (nSPS) is 12.7. The lowest BCUT2D eigenvalue weighted by Gasteiger charge is -2.16. The van der Waals surface area contributed by atoms with Gasteiger partial charge < -0.3 is 5.32 Å². The molecular formula is C15H21FN4. The summed E-state index contributed by atoms with van der Waals surface area (Å²) in [6.45, 7) is 6.08. The van der Waals surface area contributed by atoms with E-state index >= 15 is 0 Å². The topological polar surface area (TPSA) is 42.7 Å². The van der Waals surface area contributed by atoms with Gasteiger partial charge in [0.15, 0.2) is 5.82 Å². The molecule has 0 radical (unpaired) electrons. The summed E-state index contributed by atoms with van der Waals surface area (Å²) in [5, 5.41) is 7.68. The molecule has 0 fully saturated rings. The van der Waals surface area contributed by atoms with Crippen LogP contribution in [0.15, 0.2) is 18.2 Å². The van der Waals surface area contributed by atoms with Crippen LogP contribution in [0.4, 0.5) is 4.39 Å². The first-order chi connectivity index (χ1) is 9.60. The van der Waals surface area contributed by atoms with Crippen LogP contribution < -0.4 is 5.32 Å². The lowest BCUT2D eigenvalue weighted by atomic mass is 10.1. The van der Waals surface area contributed by atoms with E-state index in [1.54, 1.807) is 12.1 Å². The number of halogens is 1. The van der Waals surface area contributed by atoms with Crippen molar-refractivity contribution in [3.05, 3.63) is 41.2 Å². The molecule has 1 unspecified atom stereocenters. The Bertz CT molecular complexity index is 592. The molecule has 2 aromatic rings. The zero-order chi connectivity index (χ0) is 14.7. The molecule has 1 N–H and O–H groups in total. The Morgan fingerprint density at radius 2 is 2.05 bits per heavy atom. The molecule has 0 saturated heterocycles. The van der Waals surface area contributed by atoms with Crippen LogP contribution >= 0.6 is 0 Å². The zero-order valence-electron chi connectivity index (χ0n) is 12.4. The predicted octanol–water partition coefficient (Wildman–Crippen LogP) is 2.81. The monoisotopic (exact) mass is 276 g/mol. The summed E-state index contributed by atoms with van der Waals surface area (Å²) in [6.07, 6.45) is 1.58. The van der Waals surface area contributed by atoms with Crippen LogP contribution in [0.1, 0.15) is 44.0 Å². The van der Waals surface area contributed by atoms with Gasteiger partial charge in [-0.15, -0.1) is 0 Å². The van der Waals surface area contributed by atoms with E-state index in [-0.39, 0.29) is 11.9 Å². The third-order valence-electron chi connectivity index (χ3n) is 3.47. The van der Waals surface area contributed by atoms with Crippen molar-refractivity contribution in [2.75, 3.05) is 7.05 Å². The van der Waals surface area contributed by atoms with Crippen molar-refractivity contribution < 1.29 is 4.39 Å². The zero-order valence-corrected chi connectivity index (χ0v) is 12.4. The summed E-state index contributed by atoms with van der Waals surface area (Å²) < 4.78 is 15.4. The van der Waals surface area contributed by atoms with E-state index in [0.29, 0.717) is 0 Å². The summed E-state index contributed by atoms with van der Waals surface area (Å²) in [5.74, 6) is 1.48. The first-order valence-corrected chi connectivity index (χ1v) is 7.02. The molecule has 1 heterocycles. The number of nitrogens with one attached hydrogen (secondary N) is 1. The van der Waals surface area contributed by atoms with Crippen molar-refractivity contribution in [1.29, 1.82) is 0 Å². The number of benzene rings is 1. The summed E-state index contributed by atoms with van der Waals surface area (Å²) in [7, 11) is 1.86. The quantitative estimate of drug-likeness (QED) is 0.913. The smallest absolute Gasteiger partial charge is 0.151 e. The van der Waals surface area contributed by atoms with Crippen molar-refractivity contribution in [2.45, 2.75) is 39.7 Å². The maximum atomic E-state index is 13.5. The molecule has 0 aliphatic heterocycles. The van der Waals surface area contributed by atoms with Crippen LogP contribution in [0.25, 0.3) is 5.69 Å². The van der Waals surface area contributed by atoms with Gasteiger partial charge in [0, 0.05) is 18.9 Å². The highest BCUT2D eigenvalue weighted by Gasteiger charge is 2.16. The van der Waals surface area contributed by atoms with Crippen molar-refractivity contribution in [3.8, 4) is 5.69 Å². The van der Waals surface area contributed by atoms with Crippen LogP contribution in [-0.2, 0) is 12.8 Å². The minimum absolute atomic E-state index is 0.0414. The van der Waals surface area contributed by atoms with Crippen molar-refractivity contribution >= 4 is 0 Å². The molecule has 0 bridgehead atoms. The highest BCUT2D eigenvalue weighted by molar-refractivity contribution is 5.43. The molecule has 108 valence electrons. The molecule has 4 nitrogen and oxygen atoms in total. The standard InChI is InChI=1S/C15H21FN4/c1-5-14-18-15(6-2)20(19-14)13-8-7-11(16)9-12(13)10(3)17-4/h7-10,17H,5-6H2,1-4H3. The van der Waals surface area contributed by atoms with Gasteiger partial charge in [0.2, 0.25) is 0 Å². The third kappa shape index (κ3) is 2.72. The average molecular weight is 276 g/mol. The van der Waals surface area contributed by atoms with E-state index in [1.165, 1.54) is 6.07 Å². The maximum Gasteiger partial charge on any atom is 0.151 e. The van der Waals surface area contributed by atoms with Gasteiger partial charge in [0.05, 0.1) is 5.69 Å². The average Bonchev–Trinajstić information content (AvgIpc) is 2.89. The number of nitrogens with zero attached hydrogens (tertiary/aromatic N) is 3. The minimum atomic E-state index is -0.236. The van der Waals surface area contributed by atoms with Crippen molar-refractivity contribution in [1.82, 2.24) is 20.1 Å². The van der Waals surface area contributed by atoms with Crippen LogP contribution in [0, 0.1) is 5.82 Å². The largest absolute Gasteiger partial charge is 0.313 e. The van der Waals surface area contributed by atoms with Gasteiger partial charge in [-0.25, -0.2) is 14.1 Å². The highest BCUT2D eigenvalue weighted by atomic mass is 19.1. The molecule has 1 aromatic carbocycles. The van der Waals surface area contributed by atoms with Gasteiger partial charge in [-0.3, -0.25) is 0 Å². The van der Waals surface area contributed by atoms with Gasteiger partial charge in [-0.2, -0.15) is 5.10 Å². The van der Waals surface area contributed by atoms with E-state index in [2.05, 4.69) is 15.4 Å². The van der Waals surface area contributed by atoms with Gasteiger partial charge in [-0.05, 0) is 37.7 Å². The molecular weight excluding hydrogens is 255 g/mol. The Morgan fingerprint density at radius 3 is 2.65 bits per heavy atom. The fraction of sp³-hybridized carbons (Fsp3) is 0.467. The number of hydrogen-bond donors (Lipinski definition) is 1. The summed E-state index contributed by atoms with van der Waals surface area (Å²) in [4.78, 5) is 4.51. The Hall–Kier alpha value is -1.75. The van der Waals surface area contributed by atoms with Gasteiger partial charge in [0.1, 0.15) is 11.6 Å². The first-order valence-electron chi connectivity index (χ1n) is 7.02. The van der Waals surface area contributed by atoms with Gasteiger partial charge in [0.25, 0.3) is 0 Å². The van der Waals surface area contributed by atoms with Crippen molar-refractivity contribution in [3.63, 3.8) is 0 Å². The Kier molecular flexibility index (Phi) is 4.49. The Labute approximate surface area is 119 Å². The molecule has 1 atom stereocenters. The van der Waals surface area contributed by atoms with Crippen LogP contribution in [0.3, 0.4) is 0 Å². The first kappa shape index (κ1) is 14.7. The summed E-state index contributed by atoms with van der Waals surface area (Å²) in [6, 6.07) is 4.84. The maximum absolute atomic E-state index is 13.5. The number of aryl methyl sites for hydroxylation is 2. The molecule has 1 aromatic heterocycles. The van der Waals surface area contributed by atoms with E-state index < -0.39 is 0 Å². The van der Waals surface area contributed by atoms with Crippen LogP contribution in [-0.4, -0.2) is 21.8 Å². The van der Waals surface area contributed by atoms with Crippen molar-refractivity contribution in [2.24, 2.45) is 0 Å². The lowest BCUT2D eigenvalue weighted by Crippen LogP contribution is -2.16. The fourth-order valence-electron chi connectivity index (χ4n) is 2.18. The fourth-order valence-corrected chi connectivity index (χ4v) is 2.18. The summed E-state index contributed by atoms with van der Waals surface area (Å²) >= 11 is 0. The van der Waals surface area contributed by atoms with Gasteiger partial charge in [-0.1, -0.05) is 13.8 Å². The third-order valence-corrected chi connectivity index (χ3v) is 3.47. The number of aromatic nitrogens is 3. The van der Waals surface area contributed by atoms with Crippen LogP contribution in [0.2, 0.25) is 0 Å². The molecule has 0 aliphatic carbocycles. The van der Waals surface area contributed by atoms with Gasteiger partial charge >= 0.3 is 0 Å². The molecule has 2 rings (SSSR count). The molecule has 5 heteroatoms. The predicted molar refractivity (Wildman–Crippen MR) is 77.5 cm³/mol. The Morgan fingerprint density at radius 1 is 1.30 bits per heavy atom. The van der Waals surface area contributed by atoms with Crippen LogP contribution in [0.5, 0.6) is 0 Å². The second kappa shape index (κ2) is 6.13. The Balaban J connectivity index is 2.59. The molecule has 20 heavy (non-hydrogen) atoms. The van der Waals surface area contributed by atoms with E-state index in [9.17, 15) is 4.39 Å². The summed E-state index contributed by atoms with van der Waals surface area (Å²) in [5.41, 5.74) is 1.77. The van der Waals surface area contributed by atoms with E-state index in [4.69, 9.17) is 0 Å². The molecule has 0 saturated carbocycles. The lowest BCUT2D eigenvalue weighted by molar-refractivity contribution is 0.602. The molecule has 0 spiro atoms. The minimum Gasteiger partial charge on any atom is -0.313 e. The number of hydrogen-bond acceptors (Lipinski definition) is 3. The second-order valence-electron chi connectivity index (χ2n) is 4.78.